The second-order valence-corrected chi connectivity index (χ2v) is 5.50. The second-order valence-electron chi connectivity index (χ2n) is 5.50. The molecule has 0 aliphatic rings. The Kier molecular flexibility index (Phi) is 4.37. The Hall–Kier alpha value is -3.02. The summed E-state index contributed by atoms with van der Waals surface area (Å²) >= 11 is 0. The van der Waals surface area contributed by atoms with Crippen molar-refractivity contribution in [1.29, 1.82) is 0 Å². The summed E-state index contributed by atoms with van der Waals surface area (Å²) in [5, 5.41) is 0.790. The first-order valence-corrected chi connectivity index (χ1v) is 7.47. The van der Waals surface area contributed by atoms with E-state index in [1.165, 1.54) is 11.0 Å². The molecule has 0 aliphatic carbocycles. The second kappa shape index (κ2) is 6.62. The fourth-order valence-electron chi connectivity index (χ4n) is 2.28. The lowest BCUT2D eigenvalue weighted by atomic mass is 10.2. The maximum atomic E-state index is 12.1. The molecule has 1 aromatic carbocycles. The van der Waals surface area contributed by atoms with Crippen LogP contribution in [-0.2, 0) is 11.3 Å². The molecular weight excluding hydrogens is 310 g/mol. The first-order valence-electron chi connectivity index (χ1n) is 7.47. The van der Waals surface area contributed by atoms with Gasteiger partial charge in [0.25, 0.3) is 5.91 Å². The molecule has 0 bridgehead atoms. The minimum atomic E-state index is -0.427. The number of nitrogens with zero attached hydrogens (tertiary/aromatic N) is 1. The molecule has 2 aromatic heterocycles. The summed E-state index contributed by atoms with van der Waals surface area (Å²) in [4.78, 5) is 24.9. The Balaban J connectivity index is 1.62. The quantitative estimate of drug-likeness (QED) is 0.674. The normalized spacial score (nSPS) is 10.8. The molecule has 124 valence electrons. The summed E-state index contributed by atoms with van der Waals surface area (Å²) in [6, 6.07) is 11.8. The van der Waals surface area contributed by atoms with Crippen molar-refractivity contribution < 1.29 is 18.4 Å². The Morgan fingerprint density at radius 3 is 2.67 bits per heavy atom. The molecule has 0 radical (unpaired) electrons. The van der Waals surface area contributed by atoms with Crippen molar-refractivity contribution >= 4 is 16.9 Å². The monoisotopic (exact) mass is 327 g/mol. The van der Waals surface area contributed by atoms with Crippen LogP contribution < -0.4 is 10.4 Å². The predicted octanol–water partition coefficient (Wildman–Crippen LogP) is 2.73. The average Bonchev–Trinajstić information content (AvgIpc) is 2.97. The van der Waals surface area contributed by atoms with Crippen LogP contribution in [0.5, 0.6) is 5.75 Å². The topological polar surface area (TPSA) is 72.9 Å². The number of aryl methyl sites for hydroxylation is 1. The van der Waals surface area contributed by atoms with E-state index in [2.05, 4.69) is 0 Å². The molecule has 6 nitrogen and oxygen atoms in total. The Morgan fingerprint density at radius 2 is 1.92 bits per heavy atom. The van der Waals surface area contributed by atoms with Gasteiger partial charge in [-0.3, -0.25) is 4.79 Å². The molecule has 0 aliphatic heterocycles. The zero-order valence-electron chi connectivity index (χ0n) is 13.4. The summed E-state index contributed by atoms with van der Waals surface area (Å²) in [5.74, 6) is 1.81. The number of carbonyl (C=O) groups excluding carboxylic acids is 1. The minimum absolute atomic E-state index is 0.112. The number of amides is 1. The van der Waals surface area contributed by atoms with Crippen molar-refractivity contribution in [3.63, 3.8) is 0 Å². The number of furan rings is 1. The summed E-state index contributed by atoms with van der Waals surface area (Å²) in [6.07, 6.45) is 0. The fourth-order valence-corrected chi connectivity index (χ4v) is 2.28. The predicted molar refractivity (Wildman–Crippen MR) is 87.9 cm³/mol. The van der Waals surface area contributed by atoms with E-state index in [9.17, 15) is 9.59 Å². The molecule has 0 atom stereocenters. The van der Waals surface area contributed by atoms with Crippen molar-refractivity contribution in [3.05, 3.63) is 64.4 Å². The molecule has 2 heterocycles. The molecule has 3 rings (SSSR count). The number of carbonyl (C=O) groups is 1. The highest BCUT2D eigenvalue weighted by Gasteiger charge is 2.12. The van der Waals surface area contributed by atoms with Gasteiger partial charge in [0.05, 0.1) is 6.54 Å². The molecule has 24 heavy (non-hydrogen) atoms. The molecule has 0 fully saturated rings. The van der Waals surface area contributed by atoms with E-state index in [1.54, 1.807) is 31.3 Å². The van der Waals surface area contributed by atoms with Crippen LogP contribution in [0.2, 0.25) is 0 Å². The van der Waals surface area contributed by atoms with Gasteiger partial charge in [0.2, 0.25) is 0 Å². The standard InChI is InChI=1S/C18H17NO5/c1-12-3-6-15(23-12)10-19(2)17(20)11-22-14-7-4-13-5-8-18(21)24-16(13)9-14/h3-9H,10-11H2,1-2H3. The first kappa shape index (κ1) is 15.9. The van der Waals surface area contributed by atoms with Gasteiger partial charge in [-0.15, -0.1) is 0 Å². The van der Waals surface area contributed by atoms with E-state index in [0.717, 1.165) is 16.9 Å². The van der Waals surface area contributed by atoms with Gasteiger partial charge < -0.3 is 18.5 Å². The molecule has 0 N–H and O–H groups in total. The van der Waals surface area contributed by atoms with Gasteiger partial charge in [-0.1, -0.05) is 0 Å². The Bertz CT molecular complexity index is 924. The zero-order valence-corrected chi connectivity index (χ0v) is 13.4. The number of hydrogen-bond donors (Lipinski definition) is 0. The van der Waals surface area contributed by atoms with Gasteiger partial charge in [0, 0.05) is 24.6 Å². The molecule has 1 amide bonds. The van der Waals surface area contributed by atoms with Gasteiger partial charge in [-0.2, -0.15) is 0 Å². The zero-order chi connectivity index (χ0) is 17.1. The molecule has 0 saturated carbocycles. The number of rotatable bonds is 5. The molecule has 6 heteroatoms. The molecular formula is C18H17NO5. The first-order chi connectivity index (χ1) is 11.5. The van der Waals surface area contributed by atoms with Crippen LogP contribution in [0, 0.1) is 6.92 Å². The average molecular weight is 327 g/mol. The van der Waals surface area contributed by atoms with E-state index < -0.39 is 5.63 Å². The Morgan fingerprint density at radius 1 is 1.12 bits per heavy atom. The van der Waals surface area contributed by atoms with Gasteiger partial charge >= 0.3 is 5.63 Å². The number of benzene rings is 1. The van der Waals surface area contributed by atoms with E-state index in [0.29, 0.717) is 17.9 Å². The lowest BCUT2D eigenvalue weighted by Gasteiger charge is -2.16. The van der Waals surface area contributed by atoms with Crippen molar-refractivity contribution in [2.75, 3.05) is 13.7 Å². The van der Waals surface area contributed by atoms with Crippen LogP contribution in [0.1, 0.15) is 11.5 Å². The van der Waals surface area contributed by atoms with E-state index in [1.807, 2.05) is 19.1 Å². The third-order valence-electron chi connectivity index (χ3n) is 3.57. The van der Waals surface area contributed by atoms with Crippen molar-refractivity contribution in [3.8, 4) is 5.75 Å². The Labute approximate surface area is 138 Å². The molecule has 0 saturated heterocycles. The number of likely N-dealkylation sites (N-methyl/N-ethyl adjacent to an activating group) is 1. The van der Waals surface area contributed by atoms with Crippen LogP contribution in [0.3, 0.4) is 0 Å². The van der Waals surface area contributed by atoms with Crippen LogP contribution in [0.25, 0.3) is 11.0 Å². The number of ether oxygens (including phenoxy) is 1. The largest absolute Gasteiger partial charge is 0.484 e. The van der Waals surface area contributed by atoms with Crippen LogP contribution in [0.15, 0.2) is 56.1 Å². The van der Waals surface area contributed by atoms with Crippen LogP contribution in [0.4, 0.5) is 0 Å². The summed E-state index contributed by atoms with van der Waals surface area (Å²) in [5.41, 5.74) is -0.00364. The third kappa shape index (κ3) is 3.65. The lowest BCUT2D eigenvalue weighted by molar-refractivity contribution is -0.132. The van der Waals surface area contributed by atoms with Gasteiger partial charge in [0.15, 0.2) is 6.61 Å². The molecule has 0 spiro atoms. The summed E-state index contributed by atoms with van der Waals surface area (Å²) in [6.45, 7) is 2.12. The number of fused-ring (bicyclic) bond motifs is 1. The van der Waals surface area contributed by atoms with Crippen LogP contribution in [-0.4, -0.2) is 24.5 Å². The highest BCUT2D eigenvalue weighted by Crippen LogP contribution is 2.19. The maximum Gasteiger partial charge on any atom is 0.336 e. The van der Waals surface area contributed by atoms with Crippen molar-refractivity contribution in [1.82, 2.24) is 4.90 Å². The highest BCUT2D eigenvalue weighted by atomic mass is 16.5. The van der Waals surface area contributed by atoms with Crippen LogP contribution >= 0.6 is 0 Å². The maximum absolute atomic E-state index is 12.1. The summed E-state index contributed by atoms with van der Waals surface area (Å²) < 4.78 is 16.0. The van der Waals surface area contributed by atoms with Crippen molar-refractivity contribution in [2.24, 2.45) is 0 Å². The summed E-state index contributed by atoms with van der Waals surface area (Å²) in [7, 11) is 1.68. The van der Waals surface area contributed by atoms with E-state index in [-0.39, 0.29) is 12.5 Å². The van der Waals surface area contributed by atoms with Gasteiger partial charge in [0.1, 0.15) is 22.9 Å². The third-order valence-corrected chi connectivity index (χ3v) is 3.57. The molecule has 0 unspecified atom stereocenters. The van der Waals surface area contributed by atoms with Crippen molar-refractivity contribution in [2.45, 2.75) is 13.5 Å². The number of hydrogen-bond acceptors (Lipinski definition) is 5. The fraction of sp³-hybridized carbons (Fsp3) is 0.222. The van der Waals surface area contributed by atoms with E-state index in [4.69, 9.17) is 13.6 Å². The SMILES string of the molecule is Cc1ccc(CN(C)C(=O)COc2ccc3ccc(=O)oc3c2)o1. The van der Waals surface area contributed by atoms with Gasteiger partial charge in [-0.05, 0) is 37.3 Å². The van der Waals surface area contributed by atoms with Gasteiger partial charge in [-0.25, -0.2) is 4.79 Å². The minimum Gasteiger partial charge on any atom is -0.484 e. The van der Waals surface area contributed by atoms with E-state index >= 15 is 0 Å². The smallest absolute Gasteiger partial charge is 0.336 e. The molecule has 3 aromatic rings. The lowest BCUT2D eigenvalue weighted by Crippen LogP contribution is -2.30. The highest BCUT2D eigenvalue weighted by molar-refractivity contribution is 5.79.